The van der Waals surface area contributed by atoms with Crippen LogP contribution in [0.1, 0.15) is 37.4 Å². The minimum absolute atomic E-state index is 0.495. The number of nitrogens with one attached hydrogen (secondary N) is 1. The Bertz CT molecular complexity index is 542. The van der Waals surface area contributed by atoms with E-state index in [0.717, 1.165) is 62.6 Å². The highest BCUT2D eigenvalue weighted by molar-refractivity contribution is 7.98. The zero-order valence-corrected chi connectivity index (χ0v) is 17.1. The Kier molecular flexibility index (Phi) is 11.3. The molecule has 1 aromatic rings. The first-order valence-electron chi connectivity index (χ1n) is 9.38. The highest BCUT2D eigenvalue weighted by Crippen LogP contribution is 2.15. The molecule has 0 aliphatic heterocycles. The topological polar surface area (TPSA) is 91.5 Å². The molecule has 1 rings (SSSR count). The van der Waals surface area contributed by atoms with Gasteiger partial charge >= 0.3 is 5.97 Å². The number of carboxylic acid groups (broad SMARTS) is 1. The molecule has 0 aromatic carbocycles. The van der Waals surface area contributed by atoms with Crippen LogP contribution in [0.4, 0.5) is 5.82 Å². The maximum absolute atomic E-state index is 10.9. The summed E-state index contributed by atoms with van der Waals surface area (Å²) in [6.07, 6.45) is 6.67. The van der Waals surface area contributed by atoms with Crippen LogP contribution in [0, 0.1) is 0 Å². The third-order valence-corrected chi connectivity index (χ3v) is 5.09. The minimum Gasteiger partial charge on any atom is -0.480 e. The van der Waals surface area contributed by atoms with Crippen LogP contribution in [-0.4, -0.2) is 65.7 Å². The fourth-order valence-electron chi connectivity index (χ4n) is 2.81. The third-order valence-electron chi connectivity index (χ3n) is 4.50. The predicted octanol–water partition coefficient (Wildman–Crippen LogP) is 2.48. The fourth-order valence-corrected chi connectivity index (χ4v) is 3.25. The highest BCUT2D eigenvalue weighted by atomic mass is 32.2. The lowest BCUT2D eigenvalue weighted by atomic mass is 10.1. The second-order valence-electron chi connectivity index (χ2n) is 6.44. The quantitative estimate of drug-likeness (QED) is 0.426. The predicted molar refractivity (Wildman–Crippen MR) is 111 cm³/mol. The standard InChI is InChI=1S/C19H34N4O2S/c1-4-15-8-9-16(22-18(15)21-2)7-5-6-11-23(13-14-26-3)12-10-17(20)19(24)25/h8-9,17H,4-7,10-14,20H2,1-3H3,(H,21,22)(H,24,25). The summed E-state index contributed by atoms with van der Waals surface area (Å²) in [6, 6.07) is 3.51. The normalized spacial score (nSPS) is 12.3. The number of aryl methyl sites for hydroxylation is 2. The number of unbranched alkanes of at least 4 members (excludes halogenated alkanes) is 1. The Balaban J connectivity index is 2.42. The van der Waals surface area contributed by atoms with Crippen molar-refractivity contribution >= 4 is 23.5 Å². The van der Waals surface area contributed by atoms with Crippen LogP contribution >= 0.6 is 11.8 Å². The number of nitrogens with two attached hydrogens (primary N) is 1. The molecule has 0 saturated carbocycles. The molecule has 0 bridgehead atoms. The molecule has 0 fully saturated rings. The number of carboxylic acids is 1. The van der Waals surface area contributed by atoms with E-state index in [0.29, 0.717) is 6.42 Å². The van der Waals surface area contributed by atoms with E-state index >= 15 is 0 Å². The molecular weight excluding hydrogens is 348 g/mol. The lowest BCUT2D eigenvalue weighted by Gasteiger charge is -2.22. The molecule has 0 aliphatic carbocycles. The number of hydrogen-bond donors (Lipinski definition) is 3. The Hall–Kier alpha value is -1.31. The van der Waals surface area contributed by atoms with Crippen molar-refractivity contribution in [3.05, 3.63) is 23.4 Å². The van der Waals surface area contributed by atoms with Crippen LogP contribution in [0.2, 0.25) is 0 Å². The molecule has 4 N–H and O–H groups in total. The van der Waals surface area contributed by atoms with E-state index in [9.17, 15) is 4.79 Å². The van der Waals surface area contributed by atoms with Crippen molar-refractivity contribution in [2.75, 3.05) is 44.0 Å². The van der Waals surface area contributed by atoms with Crippen LogP contribution in [0.3, 0.4) is 0 Å². The summed E-state index contributed by atoms with van der Waals surface area (Å²) >= 11 is 1.81. The van der Waals surface area contributed by atoms with Gasteiger partial charge in [-0.1, -0.05) is 13.0 Å². The molecule has 0 radical (unpaired) electrons. The maximum Gasteiger partial charge on any atom is 0.320 e. The molecule has 1 unspecified atom stereocenters. The van der Waals surface area contributed by atoms with E-state index < -0.39 is 12.0 Å². The summed E-state index contributed by atoms with van der Waals surface area (Å²) in [6.45, 7) is 4.82. The van der Waals surface area contributed by atoms with Crippen LogP contribution in [-0.2, 0) is 17.6 Å². The molecule has 1 aromatic heterocycles. The minimum atomic E-state index is -0.920. The Morgan fingerprint density at radius 2 is 2.12 bits per heavy atom. The van der Waals surface area contributed by atoms with Gasteiger partial charge in [0.1, 0.15) is 11.9 Å². The van der Waals surface area contributed by atoms with Gasteiger partial charge in [-0.15, -0.1) is 0 Å². The van der Waals surface area contributed by atoms with E-state index in [1.54, 1.807) is 0 Å². The molecule has 0 aliphatic rings. The highest BCUT2D eigenvalue weighted by Gasteiger charge is 2.13. The summed E-state index contributed by atoms with van der Waals surface area (Å²) < 4.78 is 0. The first-order chi connectivity index (χ1) is 12.5. The fraction of sp³-hybridized carbons (Fsp3) is 0.684. The monoisotopic (exact) mass is 382 g/mol. The first-order valence-corrected chi connectivity index (χ1v) is 10.8. The van der Waals surface area contributed by atoms with Gasteiger partial charge in [0.05, 0.1) is 0 Å². The van der Waals surface area contributed by atoms with E-state index in [4.69, 9.17) is 15.8 Å². The molecule has 1 atom stereocenters. The first kappa shape index (κ1) is 22.7. The largest absolute Gasteiger partial charge is 0.480 e. The number of thioether (sulfide) groups is 1. The molecular formula is C19H34N4O2S. The van der Waals surface area contributed by atoms with Crippen molar-refractivity contribution in [3.8, 4) is 0 Å². The summed E-state index contributed by atoms with van der Waals surface area (Å²) in [5.41, 5.74) is 7.99. The van der Waals surface area contributed by atoms with Crippen molar-refractivity contribution in [1.29, 1.82) is 0 Å². The molecule has 0 amide bonds. The number of rotatable bonds is 14. The van der Waals surface area contributed by atoms with Crippen molar-refractivity contribution in [3.63, 3.8) is 0 Å². The number of pyridine rings is 1. The van der Waals surface area contributed by atoms with Crippen molar-refractivity contribution in [2.24, 2.45) is 5.73 Å². The van der Waals surface area contributed by atoms with Crippen LogP contribution in [0.15, 0.2) is 12.1 Å². The summed E-state index contributed by atoms with van der Waals surface area (Å²) in [7, 11) is 1.91. The van der Waals surface area contributed by atoms with Gasteiger partial charge in [-0.25, -0.2) is 4.98 Å². The van der Waals surface area contributed by atoms with Gasteiger partial charge < -0.3 is 21.1 Å². The summed E-state index contributed by atoms with van der Waals surface area (Å²) in [4.78, 5) is 17.9. The average Bonchev–Trinajstić information content (AvgIpc) is 2.65. The number of aliphatic carboxylic acids is 1. The van der Waals surface area contributed by atoms with Gasteiger partial charge in [-0.3, -0.25) is 4.79 Å². The number of hydrogen-bond acceptors (Lipinski definition) is 6. The van der Waals surface area contributed by atoms with E-state index in [2.05, 4.69) is 35.5 Å². The number of anilines is 1. The van der Waals surface area contributed by atoms with Crippen LogP contribution in [0.5, 0.6) is 0 Å². The van der Waals surface area contributed by atoms with Gasteiger partial charge in [0.25, 0.3) is 0 Å². The van der Waals surface area contributed by atoms with Gasteiger partial charge in [0.2, 0.25) is 0 Å². The van der Waals surface area contributed by atoms with Crippen LogP contribution in [0.25, 0.3) is 0 Å². The summed E-state index contributed by atoms with van der Waals surface area (Å²) in [5, 5.41) is 12.1. The van der Waals surface area contributed by atoms with Gasteiger partial charge in [0, 0.05) is 31.6 Å². The second-order valence-corrected chi connectivity index (χ2v) is 7.42. The van der Waals surface area contributed by atoms with E-state index in [1.807, 2.05) is 18.8 Å². The number of nitrogens with zero attached hydrogens (tertiary/aromatic N) is 2. The zero-order valence-electron chi connectivity index (χ0n) is 16.3. The Labute approximate surface area is 161 Å². The molecule has 7 heteroatoms. The summed E-state index contributed by atoms with van der Waals surface area (Å²) in [5.74, 6) is 1.11. The molecule has 1 heterocycles. The number of aromatic nitrogens is 1. The maximum atomic E-state index is 10.9. The smallest absolute Gasteiger partial charge is 0.320 e. The van der Waals surface area contributed by atoms with Crippen molar-refractivity contribution in [1.82, 2.24) is 9.88 Å². The second kappa shape index (κ2) is 12.9. The molecule has 0 spiro atoms. The zero-order chi connectivity index (χ0) is 19.4. The molecule has 148 valence electrons. The molecule has 0 saturated heterocycles. The molecule has 26 heavy (non-hydrogen) atoms. The van der Waals surface area contributed by atoms with Crippen LogP contribution < -0.4 is 11.1 Å². The SMILES string of the molecule is CCc1ccc(CCCCN(CCSC)CCC(N)C(=O)O)nc1NC. The van der Waals surface area contributed by atoms with Crippen molar-refractivity contribution in [2.45, 2.75) is 45.1 Å². The lowest BCUT2D eigenvalue weighted by molar-refractivity contribution is -0.138. The van der Waals surface area contributed by atoms with Crippen molar-refractivity contribution < 1.29 is 9.90 Å². The van der Waals surface area contributed by atoms with E-state index in [1.165, 1.54) is 5.56 Å². The Morgan fingerprint density at radius 3 is 2.73 bits per heavy atom. The van der Waals surface area contributed by atoms with Gasteiger partial charge in [0.15, 0.2) is 0 Å². The average molecular weight is 383 g/mol. The Morgan fingerprint density at radius 1 is 1.35 bits per heavy atom. The van der Waals surface area contributed by atoms with E-state index in [-0.39, 0.29) is 0 Å². The number of carbonyl (C=O) groups is 1. The lowest BCUT2D eigenvalue weighted by Crippen LogP contribution is -2.36. The molecule has 6 nitrogen and oxygen atoms in total. The van der Waals surface area contributed by atoms with Gasteiger partial charge in [-0.05, 0) is 56.5 Å². The third kappa shape index (κ3) is 8.38. The van der Waals surface area contributed by atoms with Gasteiger partial charge in [-0.2, -0.15) is 11.8 Å².